The minimum Gasteiger partial charge on any atom is -0.393 e. The predicted octanol–water partition coefficient (Wildman–Crippen LogP) is 5.85. The summed E-state index contributed by atoms with van der Waals surface area (Å²) >= 11 is 0. The number of hydrogen-bond acceptors (Lipinski definition) is 25. The van der Waals surface area contributed by atoms with Crippen molar-refractivity contribution in [1.29, 1.82) is 0 Å². The van der Waals surface area contributed by atoms with Gasteiger partial charge in [-0.15, -0.1) is 0 Å². The van der Waals surface area contributed by atoms with Gasteiger partial charge >= 0.3 is 0 Å². The number of rotatable bonds is 15. The molecule has 115 heavy (non-hydrogen) atoms. The molecule has 0 saturated heterocycles. The smallest absolute Gasteiger partial charge is 0.254 e. The molecule has 0 bridgehead atoms. The molecular formula is C80H135N25O10. The van der Waals surface area contributed by atoms with Crippen LogP contribution < -0.4 is 82.7 Å². The van der Waals surface area contributed by atoms with E-state index >= 15 is 0 Å². The first-order chi connectivity index (χ1) is 64.0. The zero-order valence-electron chi connectivity index (χ0n) is 95.4. The van der Waals surface area contributed by atoms with Crippen LogP contribution in [-0.2, 0) is 0 Å². The zero-order valence-corrected chi connectivity index (χ0v) is 68.4. The Bertz CT molecular complexity index is 5770. The van der Waals surface area contributed by atoms with Crippen LogP contribution in [0.2, 0.25) is 0 Å². The van der Waals surface area contributed by atoms with E-state index in [1.165, 1.54) is 20.8 Å². The lowest BCUT2D eigenvalue weighted by Crippen LogP contribution is -2.34. The quantitative estimate of drug-likeness (QED) is 0.0584. The number of aliphatic hydroxyl groups is 5. The first-order valence-corrected chi connectivity index (χ1v) is 36.7. The molecule has 10 rings (SSSR count). The number of carbonyl (C=O) groups is 5. The summed E-state index contributed by atoms with van der Waals surface area (Å²) in [5, 5.41) is 66.3. The van der Waals surface area contributed by atoms with Crippen LogP contribution in [-0.4, -0.2) is 193 Å². The van der Waals surface area contributed by atoms with Crippen molar-refractivity contribution < 1.29 is 86.5 Å². The van der Waals surface area contributed by atoms with Crippen molar-refractivity contribution in [2.75, 3.05) is 26.6 Å². The number of anilines is 5. The van der Waals surface area contributed by atoms with Gasteiger partial charge in [0, 0.05) is 86.0 Å². The average molecular weight is 1630 g/mol. The van der Waals surface area contributed by atoms with Gasteiger partial charge in [-0.05, 0) is 229 Å². The van der Waals surface area contributed by atoms with Crippen molar-refractivity contribution >= 4 is 59.3 Å². The predicted molar refractivity (Wildman–Crippen MR) is 444 cm³/mol. The standard InChI is InChI=1S/5C16H27N5O2/c5*1-9-5-6-10(7-12(9)22)19-14-11(13(17)23)8-18-15(20-14)21-16(2,3)4/h5*8-10,12,22H,5-7H2,1-4H3,(H2,17,23)(H2,18,19,20,21)/i5D,6D,7D2,8D,9D,10D;5D,6D,7D,8D,9D,10D;5D2,6D,7D,8D;5D,6D2,7D,8D;5D,6D,7D,8D. The largest absolute Gasteiger partial charge is 0.393 e. The zero-order chi connectivity index (χ0) is 110. The van der Waals surface area contributed by atoms with Crippen molar-refractivity contribution in [2.45, 2.75) is 323 Å². The minimum atomic E-state index is -2.93. The van der Waals surface area contributed by atoms with E-state index in [2.05, 4.69) is 101 Å². The van der Waals surface area contributed by atoms with E-state index in [1.807, 2.05) is 83.1 Å². The van der Waals surface area contributed by atoms with Gasteiger partial charge in [-0.1, -0.05) is 34.6 Å². The maximum Gasteiger partial charge on any atom is 0.254 e. The third kappa shape index (κ3) is 31.9. The second-order valence-electron chi connectivity index (χ2n) is 32.6. The molecular weight excluding hydrogens is 1470 g/mol. The molecule has 5 amide bonds. The summed E-state index contributed by atoms with van der Waals surface area (Å²) < 4.78 is 221. The number of amides is 5. The first kappa shape index (κ1) is 61.0. The Morgan fingerprint density at radius 3 is 0.983 bits per heavy atom. The highest BCUT2D eigenvalue weighted by atomic mass is 16.3. The van der Waals surface area contributed by atoms with E-state index in [0.29, 0.717) is 0 Å². The monoisotopic (exact) mass is 1630 g/mol. The van der Waals surface area contributed by atoms with Crippen LogP contribution in [0.3, 0.4) is 0 Å². The van der Waals surface area contributed by atoms with E-state index in [1.54, 1.807) is 27.7 Å². The summed E-state index contributed by atoms with van der Waals surface area (Å²) in [6.07, 6.45) is -34.3. The molecule has 0 radical (unpaired) electrons. The average Bonchev–Trinajstić information content (AvgIpc) is 0.694. The Hall–Kier alpha value is -9.45. The molecule has 5 fully saturated rings. The van der Waals surface area contributed by atoms with Gasteiger partial charge in [-0.25, -0.2) is 24.9 Å². The molecule has 0 aromatic carbocycles. The van der Waals surface area contributed by atoms with Gasteiger partial charge in [-0.3, -0.25) is 48.9 Å². The normalized spacial score (nSPS) is 41.1. The molecule has 640 valence electrons. The van der Waals surface area contributed by atoms with E-state index in [9.17, 15) is 49.5 Å². The number of aromatic nitrogens is 10. The highest BCUT2D eigenvalue weighted by Crippen LogP contribution is 2.31. The van der Waals surface area contributed by atoms with Crippen LogP contribution in [0.15, 0.2) is 55.8 Å². The van der Waals surface area contributed by atoms with Gasteiger partial charge in [0.2, 0.25) is 29.7 Å². The minimum absolute atomic E-state index is 0.00828. The van der Waals surface area contributed by atoms with Crippen molar-refractivity contribution in [2.24, 2.45) is 83.2 Å². The van der Waals surface area contributed by atoms with Gasteiger partial charge in [0.15, 0.2) is 0 Å². The van der Waals surface area contributed by atoms with E-state index < -0.39 is 279 Å². The Balaban J connectivity index is 0.000000272. The van der Waals surface area contributed by atoms with Crippen molar-refractivity contribution in [1.82, 2.24) is 49.8 Å². The van der Waals surface area contributed by atoms with E-state index in [0.717, 1.165) is 6.92 Å². The second-order valence-corrected chi connectivity index (χ2v) is 32.6. The van der Waals surface area contributed by atoms with Gasteiger partial charge in [0.25, 0.3) is 29.5 Å². The summed E-state index contributed by atoms with van der Waals surface area (Å²) in [6.45, 7) is 34.6. The van der Waals surface area contributed by atoms with Gasteiger partial charge < -0.3 is 106 Å². The maximum atomic E-state index is 11.9. The van der Waals surface area contributed by atoms with E-state index in [4.69, 9.17) is 65.7 Å². The fourth-order valence-electron chi connectivity index (χ4n) is 9.96. The fraction of sp³-hybridized carbons (Fsp3) is 0.688. The number of primary amides is 5. The lowest BCUT2D eigenvalue weighted by atomic mass is 9.85. The lowest BCUT2D eigenvalue weighted by Gasteiger charge is -2.28. The molecule has 0 aliphatic heterocycles. The Morgan fingerprint density at radius 1 is 0.365 bits per heavy atom. The van der Waals surface area contributed by atoms with E-state index in [-0.39, 0.29) is 80.1 Å². The summed E-state index contributed by atoms with van der Waals surface area (Å²) in [5.74, 6) is -10.7. The Kier molecular flexibility index (Phi) is 21.7. The number of aromatic amines is 5. The SMILES string of the molecule is [2H]c1nc(NC(C)(C)C)[nH]c(=NC2([2H])C([2H])C([2H])C([2H])(C)C(O)C2([2H])[2H])c1C(N)=O.[2H]c1nc(NC(C)(C)C)[nH]c(=NC2([2H])C([2H])C([2H])C([2H])(C)C(O)C2[2H])c1C(N)=O.[2H]c1nc(NC(C)(C)C)[nH]c(=NC2C([2H])C(O)C(C)C([2H])([2H])C2[2H])c1C(N)=O.[2H]c1nc(NC(C)(C)C)[nH]c(=NC2C([2H])C(O)C(C)C([2H])C2([2H])[2H])c1C(N)=O.[2H]c1nc(NC(C)(C)C)[nH]c(=NC2C([2H])C([2H])C(C)C(O)C2[2H])c1C(N)=O. The van der Waals surface area contributed by atoms with Crippen molar-refractivity contribution in [3.8, 4) is 0 Å². The Labute approximate surface area is 712 Å². The molecule has 27 unspecified atom stereocenters. The van der Waals surface area contributed by atoms with Crippen LogP contribution in [0, 0.1) is 29.5 Å². The molecule has 5 heterocycles. The van der Waals surface area contributed by atoms with Crippen LogP contribution in [0.5, 0.6) is 0 Å². The molecule has 5 saturated carbocycles. The Morgan fingerprint density at radius 2 is 0.643 bits per heavy atom. The van der Waals surface area contributed by atoms with Gasteiger partial charge in [0.1, 0.15) is 27.4 Å². The van der Waals surface area contributed by atoms with Crippen LogP contribution in [0.4, 0.5) is 29.7 Å². The fourth-order valence-corrected chi connectivity index (χ4v) is 9.96. The second kappa shape index (κ2) is 40.9. The number of H-pyrrole nitrogens is 5. The van der Waals surface area contributed by atoms with Crippen molar-refractivity contribution in [3.63, 3.8) is 0 Å². The summed E-state index contributed by atoms with van der Waals surface area (Å²) in [5.41, 5.74) is 21.3. The number of nitrogens with two attached hydrogens (primary N) is 5. The summed E-state index contributed by atoms with van der Waals surface area (Å²) in [7, 11) is 0. The van der Waals surface area contributed by atoms with Crippen LogP contribution in [0.1, 0.15) is 323 Å². The molecule has 5 aliphatic carbocycles. The van der Waals surface area contributed by atoms with Crippen LogP contribution in [0.25, 0.3) is 0 Å². The van der Waals surface area contributed by atoms with Gasteiger partial charge in [0.05, 0.1) is 98.1 Å². The highest BCUT2D eigenvalue weighted by Gasteiger charge is 2.32. The van der Waals surface area contributed by atoms with Crippen LogP contribution >= 0.6 is 0 Å². The molecule has 35 nitrogen and oxygen atoms in total. The topological polar surface area (TPSA) is 582 Å². The number of nitrogens with zero attached hydrogens (tertiary/aromatic N) is 10. The molecule has 25 N–H and O–H groups in total. The molecule has 27 atom stereocenters. The molecule has 0 spiro atoms. The molecule has 5 aromatic rings. The number of hydrogen-bond donors (Lipinski definition) is 20. The maximum absolute atomic E-state index is 11.9. The number of carbonyl (C=O) groups excluding carboxylic acids is 5. The summed E-state index contributed by atoms with van der Waals surface area (Å²) in [6, 6.07) is -8.95. The molecule has 5 aliphatic rings. The third-order valence-corrected chi connectivity index (χ3v) is 15.7. The lowest BCUT2D eigenvalue weighted by molar-refractivity contribution is 0.0702. The first-order valence-electron chi connectivity index (χ1n) is 51.1. The summed E-state index contributed by atoms with van der Waals surface area (Å²) in [4.78, 5) is 113. The highest BCUT2D eigenvalue weighted by molar-refractivity contribution is 5.94. The number of nitrogens with one attached hydrogen (secondary N) is 10. The number of aliphatic hydroxyl groups excluding tert-OH is 5. The third-order valence-electron chi connectivity index (χ3n) is 15.7. The van der Waals surface area contributed by atoms with Gasteiger partial charge in [-0.2, -0.15) is 0 Å². The van der Waals surface area contributed by atoms with Crippen molar-refractivity contribution in [3.05, 3.63) is 86.1 Å². The molecule has 5 aromatic heterocycles. The molecule has 35 heteroatoms.